The van der Waals surface area contributed by atoms with E-state index in [4.69, 9.17) is 18.9 Å². The lowest BCUT2D eigenvalue weighted by atomic mass is 9.93. The third kappa shape index (κ3) is 5.03. The number of esters is 1. The molecule has 1 aliphatic heterocycles. The minimum Gasteiger partial charge on any atom is -0.507 e. The molecular formula is C29H28N2O8S. The summed E-state index contributed by atoms with van der Waals surface area (Å²) in [6.45, 7) is 6.89. The van der Waals surface area contributed by atoms with Crippen molar-refractivity contribution in [3.05, 3.63) is 81.9 Å². The molecule has 1 amide bonds. The van der Waals surface area contributed by atoms with Gasteiger partial charge in [0.25, 0.3) is 5.78 Å². The van der Waals surface area contributed by atoms with Gasteiger partial charge in [-0.1, -0.05) is 24.0 Å². The molecule has 3 aromatic rings. The zero-order chi connectivity index (χ0) is 29.1. The molecule has 1 atom stereocenters. The lowest BCUT2D eigenvalue weighted by Gasteiger charge is -2.25. The fourth-order valence-electron chi connectivity index (χ4n) is 4.43. The number of ketones is 1. The summed E-state index contributed by atoms with van der Waals surface area (Å²) < 4.78 is 21.4. The van der Waals surface area contributed by atoms with Crippen molar-refractivity contribution in [2.24, 2.45) is 0 Å². The second-order valence-electron chi connectivity index (χ2n) is 8.76. The molecular weight excluding hydrogens is 536 g/mol. The maximum atomic E-state index is 13.6. The summed E-state index contributed by atoms with van der Waals surface area (Å²) in [5.41, 5.74) is 1.48. The van der Waals surface area contributed by atoms with E-state index < -0.39 is 23.7 Å². The van der Waals surface area contributed by atoms with E-state index in [1.807, 2.05) is 0 Å². The van der Waals surface area contributed by atoms with Crippen LogP contribution in [0.3, 0.4) is 0 Å². The lowest BCUT2D eigenvalue weighted by molar-refractivity contribution is -0.132. The quantitative estimate of drug-likeness (QED) is 0.129. The molecule has 208 valence electrons. The number of aryl methyl sites for hydroxylation is 2. The Bertz CT molecular complexity index is 1540. The van der Waals surface area contributed by atoms with Gasteiger partial charge in [0.05, 0.1) is 32.6 Å². The molecule has 2 aromatic carbocycles. The summed E-state index contributed by atoms with van der Waals surface area (Å²) in [5.74, 6) is -1.53. The fourth-order valence-corrected chi connectivity index (χ4v) is 5.41. The van der Waals surface area contributed by atoms with Crippen LogP contribution in [0.2, 0.25) is 0 Å². The van der Waals surface area contributed by atoms with E-state index in [-0.39, 0.29) is 27.9 Å². The number of anilines is 1. The molecule has 40 heavy (non-hydrogen) atoms. The Labute approximate surface area is 235 Å². The minimum absolute atomic E-state index is 0.00174. The van der Waals surface area contributed by atoms with Crippen LogP contribution >= 0.6 is 11.3 Å². The number of hydrogen-bond acceptors (Lipinski definition) is 10. The number of methoxy groups -OCH3 is 3. The van der Waals surface area contributed by atoms with Gasteiger partial charge in [0, 0.05) is 11.1 Å². The predicted octanol–water partition coefficient (Wildman–Crippen LogP) is 4.75. The summed E-state index contributed by atoms with van der Waals surface area (Å²) in [6, 6.07) is 8.73. The number of hydrogen-bond donors (Lipinski definition) is 1. The van der Waals surface area contributed by atoms with Crippen molar-refractivity contribution in [2.45, 2.75) is 19.9 Å². The van der Waals surface area contributed by atoms with Crippen molar-refractivity contribution in [3.63, 3.8) is 0 Å². The number of amides is 1. The van der Waals surface area contributed by atoms with Crippen LogP contribution < -0.4 is 19.1 Å². The average molecular weight is 565 g/mol. The Morgan fingerprint density at radius 3 is 2.38 bits per heavy atom. The highest BCUT2D eigenvalue weighted by Gasteiger charge is 2.49. The number of rotatable bonds is 9. The van der Waals surface area contributed by atoms with Gasteiger partial charge in [-0.3, -0.25) is 14.5 Å². The molecule has 1 aromatic heterocycles. The van der Waals surface area contributed by atoms with Crippen molar-refractivity contribution >= 4 is 39.9 Å². The van der Waals surface area contributed by atoms with Gasteiger partial charge in [-0.25, -0.2) is 9.78 Å². The molecule has 0 spiro atoms. The molecule has 11 heteroatoms. The summed E-state index contributed by atoms with van der Waals surface area (Å²) >= 11 is 0.901. The van der Waals surface area contributed by atoms with Crippen LogP contribution in [-0.4, -0.2) is 55.7 Å². The van der Waals surface area contributed by atoms with Crippen molar-refractivity contribution < 1.29 is 38.4 Å². The molecule has 1 aliphatic rings. The zero-order valence-electron chi connectivity index (χ0n) is 22.6. The molecule has 1 saturated heterocycles. The van der Waals surface area contributed by atoms with Crippen molar-refractivity contribution in [1.82, 2.24) is 4.98 Å². The fraction of sp³-hybridized carbons (Fsp3) is 0.241. The number of Topliss-reactive ketones (excluding diaryl/α,β-unsaturated/α-hetero) is 1. The largest absolute Gasteiger partial charge is 0.507 e. The number of aliphatic hydroxyl groups excluding tert-OH is 1. The van der Waals surface area contributed by atoms with E-state index in [2.05, 4.69) is 11.6 Å². The highest BCUT2D eigenvalue weighted by Crippen LogP contribution is 2.47. The highest BCUT2D eigenvalue weighted by molar-refractivity contribution is 7.17. The maximum Gasteiger partial charge on any atom is 0.350 e. The van der Waals surface area contributed by atoms with Crippen LogP contribution in [0.1, 0.15) is 38.1 Å². The molecule has 0 bridgehead atoms. The highest BCUT2D eigenvalue weighted by atomic mass is 32.1. The average Bonchev–Trinajstić information content (AvgIpc) is 3.46. The Morgan fingerprint density at radius 2 is 1.75 bits per heavy atom. The number of ether oxygens (including phenoxy) is 4. The Balaban J connectivity index is 1.98. The number of aliphatic hydroxyl groups is 1. The van der Waals surface area contributed by atoms with Crippen molar-refractivity contribution in [3.8, 4) is 17.2 Å². The minimum atomic E-state index is -1.16. The maximum absolute atomic E-state index is 13.6. The third-order valence-electron chi connectivity index (χ3n) is 6.37. The molecule has 0 radical (unpaired) electrons. The summed E-state index contributed by atoms with van der Waals surface area (Å²) in [4.78, 5) is 45.6. The van der Waals surface area contributed by atoms with Gasteiger partial charge >= 0.3 is 11.9 Å². The van der Waals surface area contributed by atoms with Crippen LogP contribution in [-0.2, 0) is 14.3 Å². The second kappa shape index (κ2) is 11.6. The summed E-state index contributed by atoms with van der Waals surface area (Å²) in [7, 11) is 4.45. The molecule has 10 nitrogen and oxygen atoms in total. The van der Waals surface area contributed by atoms with Gasteiger partial charge in [0.2, 0.25) is 0 Å². The first-order valence-electron chi connectivity index (χ1n) is 12.1. The van der Waals surface area contributed by atoms with E-state index in [0.29, 0.717) is 39.6 Å². The van der Waals surface area contributed by atoms with Crippen LogP contribution in [0.4, 0.5) is 5.13 Å². The van der Waals surface area contributed by atoms with Gasteiger partial charge in [-0.15, -0.1) is 0 Å². The topological polar surface area (TPSA) is 124 Å². The van der Waals surface area contributed by atoms with Crippen LogP contribution in [0.15, 0.2) is 54.6 Å². The Hall–Kier alpha value is -4.64. The Morgan fingerprint density at radius 1 is 1.07 bits per heavy atom. The number of carbonyl (C=O) groups is 3. The van der Waals surface area contributed by atoms with Gasteiger partial charge in [0.15, 0.2) is 5.13 Å². The monoisotopic (exact) mass is 564 g/mol. The molecule has 0 saturated carbocycles. The van der Waals surface area contributed by atoms with Gasteiger partial charge in [-0.2, -0.15) is 0 Å². The third-order valence-corrected chi connectivity index (χ3v) is 7.51. The zero-order valence-corrected chi connectivity index (χ0v) is 23.5. The standard InChI is InChI=1S/C29H28N2O8S/c1-7-12-39-28(35)26-16(3)30-29(40-26)31-23(20-14-18(37-5)9-11-21(20)38-6)22(25(33)27(31)34)24(32)19-10-8-17(36-4)13-15(19)2/h7-11,13-14,23,32H,1,12H2,2-6H3/b24-22+. The normalized spacial score (nSPS) is 16.1. The number of carbonyl (C=O) groups excluding carboxylic acids is 3. The smallest absolute Gasteiger partial charge is 0.350 e. The van der Waals surface area contributed by atoms with Gasteiger partial charge in [0.1, 0.15) is 40.5 Å². The number of thiazole rings is 1. The molecule has 4 rings (SSSR count). The summed E-state index contributed by atoms with van der Waals surface area (Å²) in [6.07, 6.45) is 1.43. The van der Waals surface area contributed by atoms with Crippen LogP contribution in [0.25, 0.3) is 5.76 Å². The number of nitrogens with zero attached hydrogens (tertiary/aromatic N) is 2. The van der Waals surface area contributed by atoms with Crippen LogP contribution in [0.5, 0.6) is 17.2 Å². The van der Waals surface area contributed by atoms with E-state index >= 15 is 0 Å². The van der Waals surface area contributed by atoms with Crippen LogP contribution in [0, 0.1) is 13.8 Å². The number of aromatic nitrogens is 1. The van der Waals surface area contributed by atoms with Gasteiger partial charge in [-0.05, 0) is 55.8 Å². The second-order valence-corrected chi connectivity index (χ2v) is 9.73. The van der Waals surface area contributed by atoms with E-state index in [1.165, 1.54) is 27.4 Å². The van der Waals surface area contributed by atoms with E-state index in [1.54, 1.807) is 50.2 Å². The first kappa shape index (κ1) is 28.4. The molecule has 1 unspecified atom stereocenters. The SMILES string of the molecule is C=CCOC(=O)c1sc(N2C(=O)C(=O)/C(=C(/O)c3ccc(OC)cc3C)C2c2cc(OC)ccc2OC)nc1C. The molecule has 2 heterocycles. The molecule has 1 N–H and O–H groups in total. The first-order chi connectivity index (χ1) is 19.2. The molecule has 0 aliphatic carbocycles. The van der Waals surface area contributed by atoms with E-state index in [0.717, 1.165) is 16.2 Å². The van der Waals surface area contributed by atoms with Crippen molar-refractivity contribution in [1.29, 1.82) is 0 Å². The molecule has 1 fully saturated rings. The lowest BCUT2D eigenvalue weighted by Crippen LogP contribution is -2.29. The Kier molecular flexibility index (Phi) is 8.24. The van der Waals surface area contributed by atoms with E-state index in [9.17, 15) is 19.5 Å². The van der Waals surface area contributed by atoms with Gasteiger partial charge < -0.3 is 24.1 Å². The summed E-state index contributed by atoms with van der Waals surface area (Å²) in [5, 5.41) is 11.6. The predicted molar refractivity (Wildman–Crippen MR) is 149 cm³/mol. The first-order valence-corrected chi connectivity index (χ1v) is 12.9. The van der Waals surface area contributed by atoms with Crippen molar-refractivity contribution in [2.75, 3.05) is 32.8 Å². The number of benzene rings is 2.